The second-order valence-electron chi connectivity index (χ2n) is 1.63. The van der Waals surface area contributed by atoms with Gasteiger partial charge in [-0.3, -0.25) is 4.79 Å². The van der Waals surface area contributed by atoms with Crippen LogP contribution in [0.25, 0.3) is 0 Å². The molecule has 0 aliphatic carbocycles. The van der Waals surface area contributed by atoms with Gasteiger partial charge in [0.25, 0.3) is 6.47 Å². The lowest BCUT2D eigenvalue weighted by Crippen LogP contribution is -2.03. The highest BCUT2D eigenvalue weighted by molar-refractivity contribution is 5.59. The Labute approximate surface area is 71.6 Å². The normalized spacial score (nSPS) is 7.25. The van der Waals surface area contributed by atoms with Crippen molar-refractivity contribution in [1.29, 1.82) is 0 Å². The maximum absolute atomic E-state index is 10.1. The van der Waals surface area contributed by atoms with Crippen molar-refractivity contribution in [2.75, 3.05) is 20.8 Å². The minimum atomic E-state index is -0.605. The van der Waals surface area contributed by atoms with Crippen LogP contribution >= 0.6 is 0 Å². The van der Waals surface area contributed by atoms with Crippen molar-refractivity contribution in [3.63, 3.8) is 0 Å². The molecule has 0 saturated carbocycles. The van der Waals surface area contributed by atoms with Gasteiger partial charge in [0, 0.05) is 0 Å². The summed E-state index contributed by atoms with van der Waals surface area (Å²) in [6, 6.07) is 0. The lowest BCUT2D eigenvalue weighted by molar-refractivity contribution is -0.126. The van der Waals surface area contributed by atoms with E-state index in [0.717, 1.165) is 6.42 Å². The fraction of sp³-hybridized carbons (Fsp3) is 0.714. The van der Waals surface area contributed by atoms with Crippen LogP contribution < -0.4 is 0 Å². The van der Waals surface area contributed by atoms with Crippen molar-refractivity contribution < 1.29 is 23.8 Å². The van der Waals surface area contributed by atoms with Crippen LogP contribution in [0.1, 0.15) is 13.3 Å². The Kier molecular flexibility index (Phi) is 13.8. The molecule has 0 bridgehead atoms. The summed E-state index contributed by atoms with van der Waals surface area (Å²) in [5.74, 6) is 0. The molecule has 0 rings (SSSR count). The standard InChI is InChI=1S/C5H10O3.C2H4O2/c1-3-4-8-5(6)7-2;1-4-2-3/h3-4H2,1-2H3;2H,1H3. The maximum atomic E-state index is 10.1. The molecule has 12 heavy (non-hydrogen) atoms. The Morgan fingerprint density at radius 1 is 1.42 bits per heavy atom. The molecule has 72 valence electrons. The topological polar surface area (TPSA) is 61.8 Å². The minimum absolute atomic E-state index is 0.375. The van der Waals surface area contributed by atoms with Gasteiger partial charge in [0.05, 0.1) is 20.8 Å². The van der Waals surface area contributed by atoms with Crippen molar-refractivity contribution in [3.05, 3.63) is 0 Å². The number of methoxy groups -OCH3 is 2. The third kappa shape index (κ3) is 15.9. The Hall–Kier alpha value is -1.26. The number of hydrogen-bond donors (Lipinski definition) is 0. The quantitative estimate of drug-likeness (QED) is 0.476. The maximum Gasteiger partial charge on any atom is 0.507 e. The van der Waals surface area contributed by atoms with Gasteiger partial charge in [-0.2, -0.15) is 0 Å². The molecule has 0 saturated heterocycles. The van der Waals surface area contributed by atoms with Gasteiger partial charge in [0.1, 0.15) is 0 Å². The van der Waals surface area contributed by atoms with Gasteiger partial charge in [-0.25, -0.2) is 4.79 Å². The van der Waals surface area contributed by atoms with Crippen LogP contribution in [0.3, 0.4) is 0 Å². The molecule has 0 spiro atoms. The zero-order valence-electron chi connectivity index (χ0n) is 7.53. The lowest BCUT2D eigenvalue weighted by atomic mass is 10.5. The zero-order valence-corrected chi connectivity index (χ0v) is 7.53. The summed E-state index contributed by atoms with van der Waals surface area (Å²) in [7, 11) is 2.60. The number of ether oxygens (including phenoxy) is 3. The molecular formula is C7H14O5. The van der Waals surface area contributed by atoms with Crippen molar-refractivity contribution in [1.82, 2.24) is 0 Å². The summed E-state index contributed by atoms with van der Waals surface area (Å²) in [4.78, 5) is 19.1. The molecule has 0 aliphatic rings. The van der Waals surface area contributed by atoms with E-state index >= 15 is 0 Å². The number of hydrogen-bond acceptors (Lipinski definition) is 5. The third-order valence-electron chi connectivity index (χ3n) is 0.687. The van der Waals surface area contributed by atoms with Gasteiger partial charge in [0.15, 0.2) is 0 Å². The lowest BCUT2D eigenvalue weighted by Gasteiger charge is -1.97. The molecule has 0 aliphatic heterocycles. The molecule has 5 heteroatoms. The van der Waals surface area contributed by atoms with Crippen molar-refractivity contribution in [3.8, 4) is 0 Å². The molecule has 0 amide bonds. The molecule has 0 aromatic rings. The average molecular weight is 178 g/mol. The van der Waals surface area contributed by atoms with Crippen LogP contribution in [0.15, 0.2) is 0 Å². The fourth-order valence-electron chi connectivity index (χ4n) is 0.244. The summed E-state index contributed by atoms with van der Waals surface area (Å²) in [5.41, 5.74) is 0. The highest BCUT2D eigenvalue weighted by Crippen LogP contribution is 1.83. The zero-order chi connectivity index (χ0) is 9.82. The molecule has 0 aromatic heterocycles. The van der Waals surface area contributed by atoms with Gasteiger partial charge >= 0.3 is 6.16 Å². The minimum Gasteiger partial charge on any atom is -0.471 e. The van der Waals surface area contributed by atoms with Crippen molar-refractivity contribution in [2.45, 2.75) is 13.3 Å². The molecule has 5 nitrogen and oxygen atoms in total. The van der Waals surface area contributed by atoms with Crippen LogP contribution in [0.4, 0.5) is 4.79 Å². The first-order valence-corrected chi connectivity index (χ1v) is 3.40. The first-order valence-electron chi connectivity index (χ1n) is 3.40. The molecule has 0 unspecified atom stereocenters. The van der Waals surface area contributed by atoms with E-state index < -0.39 is 6.16 Å². The molecule has 0 atom stereocenters. The van der Waals surface area contributed by atoms with E-state index in [1.165, 1.54) is 14.2 Å². The Balaban J connectivity index is 0. The fourth-order valence-corrected chi connectivity index (χ4v) is 0.244. The number of carbonyl (C=O) groups excluding carboxylic acids is 2. The predicted molar refractivity (Wildman–Crippen MR) is 41.7 cm³/mol. The van der Waals surface area contributed by atoms with E-state index in [9.17, 15) is 4.79 Å². The van der Waals surface area contributed by atoms with Crippen LogP contribution in [0.2, 0.25) is 0 Å². The van der Waals surface area contributed by atoms with Gasteiger partial charge in [-0.05, 0) is 6.42 Å². The molecule has 0 fully saturated rings. The van der Waals surface area contributed by atoms with Crippen molar-refractivity contribution in [2.24, 2.45) is 0 Å². The molecule has 0 radical (unpaired) electrons. The third-order valence-corrected chi connectivity index (χ3v) is 0.687. The van der Waals surface area contributed by atoms with Crippen LogP contribution in [-0.2, 0) is 19.0 Å². The van der Waals surface area contributed by atoms with E-state index in [0.29, 0.717) is 13.1 Å². The van der Waals surface area contributed by atoms with Gasteiger partial charge in [-0.15, -0.1) is 0 Å². The van der Waals surface area contributed by atoms with Gasteiger partial charge in [0.2, 0.25) is 0 Å². The SMILES string of the molecule is CCCOC(=O)OC.COC=O. The average Bonchev–Trinajstić information content (AvgIpc) is 2.14. The van der Waals surface area contributed by atoms with E-state index in [-0.39, 0.29) is 0 Å². The highest BCUT2D eigenvalue weighted by atomic mass is 16.7. The summed E-state index contributed by atoms with van der Waals surface area (Å²) >= 11 is 0. The summed E-state index contributed by atoms with van der Waals surface area (Å²) in [6.07, 6.45) is 0.224. The van der Waals surface area contributed by atoms with Crippen molar-refractivity contribution >= 4 is 12.6 Å². The Bertz CT molecular complexity index is 112. The summed E-state index contributed by atoms with van der Waals surface area (Å²) in [5, 5.41) is 0. The van der Waals surface area contributed by atoms with Crippen LogP contribution in [0.5, 0.6) is 0 Å². The van der Waals surface area contributed by atoms with E-state index in [4.69, 9.17) is 4.79 Å². The number of rotatable bonds is 3. The summed E-state index contributed by atoms with van der Waals surface area (Å²) in [6.45, 7) is 2.73. The Morgan fingerprint density at radius 3 is 2.17 bits per heavy atom. The van der Waals surface area contributed by atoms with E-state index in [1.807, 2.05) is 6.92 Å². The second-order valence-corrected chi connectivity index (χ2v) is 1.63. The Morgan fingerprint density at radius 2 is 1.92 bits per heavy atom. The molecule has 0 heterocycles. The molecular weight excluding hydrogens is 164 g/mol. The van der Waals surface area contributed by atoms with Crippen LogP contribution in [-0.4, -0.2) is 33.5 Å². The van der Waals surface area contributed by atoms with Crippen LogP contribution in [0, 0.1) is 0 Å². The second kappa shape index (κ2) is 12.4. The molecule has 0 aromatic carbocycles. The highest BCUT2D eigenvalue weighted by Gasteiger charge is 1.95. The van der Waals surface area contributed by atoms with E-state index in [1.54, 1.807) is 0 Å². The predicted octanol–water partition coefficient (Wildman–Crippen LogP) is 0.969. The largest absolute Gasteiger partial charge is 0.507 e. The van der Waals surface area contributed by atoms with Gasteiger partial charge < -0.3 is 14.2 Å². The van der Waals surface area contributed by atoms with E-state index in [2.05, 4.69) is 14.2 Å². The first-order chi connectivity index (χ1) is 5.72. The van der Waals surface area contributed by atoms with Gasteiger partial charge in [-0.1, -0.05) is 6.92 Å². The summed E-state index contributed by atoms with van der Waals surface area (Å²) < 4.78 is 12.5. The monoisotopic (exact) mass is 178 g/mol. The smallest absolute Gasteiger partial charge is 0.471 e. The number of carbonyl (C=O) groups is 2. The molecule has 0 N–H and O–H groups in total. The first kappa shape index (κ1) is 13.3.